The van der Waals surface area contributed by atoms with E-state index < -0.39 is 0 Å². The molecule has 0 unspecified atom stereocenters. The van der Waals surface area contributed by atoms with Gasteiger partial charge in [0.05, 0.1) is 11.6 Å². The Balaban J connectivity index is 1.38. The van der Waals surface area contributed by atoms with Gasteiger partial charge < -0.3 is 14.7 Å². The fourth-order valence-electron chi connectivity index (χ4n) is 4.15. The summed E-state index contributed by atoms with van der Waals surface area (Å²) in [7, 11) is 0. The minimum absolute atomic E-state index is 0.00994. The van der Waals surface area contributed by atoms with Crippen LogP contribution in [0.25, 0.3) is 11.1 Å². The van der Waals surface area contributed by atoms with Crippen LogP contribution < -0.4 is 10.2 Å². The largest absolute Gasteiger partial charge is 0.355 e. The van der Waals surface area contributed by atoms with E-state index in [9.17, 15) is 4.79 Å². The first-order valence-electron chi connectivity index (χ1n) is 10.00. The first-order valence-corrected chi connectivity index (χ1v) is 10.00. The van der Waals surface area contributed by atoms with Crippen molar-refractivity contribution >= 4 is 22.8 Å². The van der Waals surface area contributed by atoms with Crippen LogP contribution in [-0.2, 0) is 4.79 Å². The molecule has 1 atom stereocenters. The Kier molecular flexibility index (Phi) is 5.36. The number of nitrogens with one attached hydrogen (secondary N) is 1. The monoisotopic (exact) mass is 369 g/mol. The predicted molar refractivity (Wildman–Crippen MR) is 103 cm³/mol. The zero-order valence-electron chi connectivity index (χ0n) is 15.9. The molecule has 27 heavy (non-hydrogen) atoms. The van der Waals surface area contributed by atoms with Crippen LogP contribution in [0.3, 0.4) is 0 Å². The second-order valence-corrected chi connectivity index (χ2v) is 7.58. The Hall–Kier alpha value is -2.44. The van der Waals surface area contributed by atoms with E-state index >= 15 is 0 Å². The summed E-state index contributed by atoms with van der Waals surface area (Å²) in [5.74, 6) is 0.969. The Bertz CT molecular complexity index is 844. The summed E-state index contributed by atoms with van der Waals surface area (Å²) in [6.07, 6.45) is 11.7. The van der Waals surface area contributed by atoms with Crippen molar-refractivity contribution in [3.05, 3.63) is 23.7 Å². The highest BCUT2D eigenvalue weighted by molar-refractivity contribution is 5.88. The van der Waals surface area contributed by atoms with Crippen LogP contribution in [0.5, 0.6) is 0 Å². The summed E-state index contributed by atoms with van der Waals surface area (Å²) in [6, 6.07) is 0. The maximum Gasteiger partial charge on any atom is 0.263 e. The number of fused-ring (bicyclic) bond motifs is 1. The van der Waals surface area contributed by atoms with Crippen LogP contribution in [0.1, 0.15) is 50.6 Å². The zero-order chi connectivity index (χ0) is 18.6. The van der Waals surface area contributed by atoms with Gasteiger partial charge in [0.2, 0.25) is 5.91 Å². The third kappa shape index (κ3) is 3.96. The highest BCUT2D eigenvalue weighted by atomic mass is 16.5. The van der Waals surface area contributed by atoms with Crippen molar-refractivity contribution in [2.45, 2.75) is 51.9 Å². The average Bonchev–Trinajstić information content (AvgIpc) is 3.10. The van der Waals surface area contributed by atoms with E-state index in [4.69, 9.17) is 4.52 Å². The highest BCUT2D eigenvalue weighted by Crippen LogP contribution is 2.29. The number of carbonyl (C=O) groups is 1. The molecule has 0 spiro atoms. The number of piperidine rings is 1. The number of anilines is 1. The lowest BCUT2D eigenvalue weighted by Gasteiger charge is -2.33. The number of allylic oxidation sites excluding steroid dienone is 1. The van der Waals surface area contributed by atoms with Gasteiger partial charge in [0, 0.05) is 19.6 Å². The molecule has 4 rings (SSSR count). The van der Waals surface area contributed by atoms with Crippen LogP contribution in [0.15, 0.2) is 22.5 Å². The van der Waals surface area contributed by atoms with Crippen LogP contribution in [0.2, 0.25) is 0 Å². The summed E-state index contributed by atoms with van der Waals surface area (Å²) in [5, 5.41) is 8.00. The molecule has 7 heteroatoms. The number of hydrogen-bond acceptors (Lipinski definition) is 6. The third-order valence-corrected chi connectivity index (χ3v) is 5.65. The summed E-state index contributed by atoms with van der Waals surface area (Å²) in [4.78, 5) is 23.4. The van der Waals surface area contributed by atoms with Crippen molar-refractivity contribution in [3.63, 3.8) is 0 Å². The molecule has 3 heterocycles. The number of amides is 1. The standard InChI is InChI=1S/C20H27N5O2/c1-14-17-18(22-13-23-20(17)27-24-14)25-11-5-8-16(12-25)19(26)21-10-9-15-6-3-2-4-7-15/h6,13,16H,2-5,7-12H2,1H3,(H,21,26)/t16-/m1/s1. The van der Waals surface area contributed by atoms with Crippen LogP contribution in [0, 0.1) is 12.8 Å². The molecule has 0 bridgehead atoms. The molecule has 1 saturated heterocycles. The molecule has 0 radical (unpaired) electrons. The van der Waals surface area contributed by atoms with Crippen molar-refractivity contribution < 1.29 is 9.32 Å². The van der Waals surface area contributed by atoms with Gasteiger partial charge >= 0.3 is 0 Å². The number of carbonyl (C=O) groups excluding carboxylic acids is 1. The molecular formula is C20H27N5O2. The first kappa shape index (κ1) is 17.9. The molecule has 1 aliphatic carbocycles. The number of aromatic nitrogens is 3. The van der Waals surface area contributed by atoms with E-state index in [1.165, 1.54) is 37.6 Å². The van der Waals surface area contributed by atoms with Gasteiger partial charge in [-0.2, -0.15) is 4.98 Å². The summed E-state index contributed by atoms with van der Waals surface area (Å²) < 4.78 is 5.25. The van der Waals surface area contributed by atoms with Gasteiger partial charge in [0.15, 0.2) is 0 Å². The molecule has 2 aromatic rings. The van der Waals surface area contributed by atoms with Crippen molar-refractivity contribution in [2.75, 3.05) is 24.5 Å². The zero-order valence-corrected chi connectivity index (χ0v) is 15.9. The molecule has 0 saturated carbocycles. The highest BCUT2D eigenvalue weighted by Gasteiger charge is 2.28. The average molecular weight is 369 g/mol. The number of nitrogens with zero attached hydrogens (tertiary/aromatic N) is 4. The minimum Gasteiger partial charge on any atom is -0.355 e. The van der Waals surface area contributed by atoms with E-state index in [2.05, 4.69) is 31.4 Å². The van der Waals surface area contributed by atoms with Crippen LogP contribution in [-0.4, -0.2) is 40.7 Å². The molecular weight excluding hydrogens is 342 g/mol. The van der Waals surface area contributed by atoms with Gasteiger partial charge in [-0.25, -0.2) is 4.98 Å². The molecule has 2 aromatic heterocycles. The van der Waals surface area contributed by atoms with Crippen LogP contribution in [0.4, 0.5) is 5.82 Å². The second-order valence-electron chi connectivity index (χ2n) is 7.58. The normalized spacial score (nSPS) is 20.6. The fraction of sp³-hybridized carbons (Fsp3) is 0.600. The van der Waals surface area contributed by atoms with Crippen molar-refractivity contribution in [3.8, 4) is 0 Å². The predicted octanol–water partition coefficient (Wildman–Crippen LogP) is 3.15. The molecule has 1 amide bonds. The van der Waals surface area contributed by atoms with Gasteiger partial charge in [-0.15, -0.1) is 0 Å². The third-order valence-electron chi connectivity index (χ3n) is 5.65. The van der Waals surface area contributed by atoms with E-state index in [0.717, 1.165) is 49.2 Å². The van der Waals surface area contributed by atoms with Crippen molar-refractivity contribution in [1.82, 2.24) is 20.4 Å². The maximum absolute atomic E-state index is 12.7. The smallest absolute Gasteiger partial charge is 0.263 e. The van der Waals surface area contributed by atoms with Gasteiger partial charge in [-0.1, -0.05) is 16.8 Å². The van der Waals surface area contributed by atoms with E-state index in [0.29, 0.717) is 12.3 Å². The molecule has 1 N–H and O–H groups in total. The topological polar surface area (TPSA) is 84.2 Å². The molecule has 2 aliphatic rings. The van der Waals surface area contributed by atoms with Crippen LogP contribution >= 0.6 is 0 Å². The SMILES string of the molecule is Cc1noc2ncnc(N3CCC[C@@H](C(=O)NCCC4=CCCCC4)C3)c12. The lowest BCUT2D eigenvalue weighted by molar-refractivity contribution is -0.125. The molecule has 144 valence electrons. The first-order chi connectivity index (χ1) is 13.2. The number of aryl methyl sites for hydroxylation is 1. The van der Waals surface area contributed by atoms with Gasteiger partial charge in [0.25, 0.3) is 5.71 Å². The molecule has 7 nitrogen and oxygen atoms in total. The van der Waals surface area contributed by atoms with E-state index in [1.54, 1.807) is 0 Å². The summed E-state index contributed by atoms with van der Waals surface area (Å²) in [5.41, 5.74) is 2.79. The number of hydrogen-bond donors (Lipinski definition) is 1. The molecule has 0 aromatic carbocycles. The lowest BCUT2D eigenvalue weighted by atomic mass is 9.95. The minimum atomic E-state index is -0.00994. The van der Waals surface area contributed by atoms with E-state index in [-0.39, 0.29) is 11.8 Å². The lowest BCUT2D eigenvalue weighted by Crippen LogP contribution is -2.43. The van der Waals surface area contributed by atoms with Gasteiger partial charge in [-0.3, -0.25) is 4.79 Å². The Morgan fingerprint density at radius 1 is 1.33 bits per heavy atom. The quantitative estimate of drug-likeness (QED) is 0.815. The van der Waals surface area contributed by atoms with Gasteiger partial charge in [0.1, 0.15) is 17.5 Å². The second kappa shape index (κ2) is 8.06. The Labute approximate surface area is 159 Å². The van der Waals surface area contributed by atoms with Gasteiger partial charge in [-0.05, 0) is 51.9 Å². The van der Waals surface area contributed by atoms with Crippen molar-refractivity contribution in [1.29, 1.82) is 0 Å². The maximum atomic E-state index is 12.7. The van der Waals surface area contributed by atoms with Crippen molar-refractivity contribution in [2.24, 2.45) is 5.92 Å². The molecule has 1 fully saturated rings. The van der Waals surface area contributed by atoms with E-state index in [1.807, 2.05) is 6.92 Å². The Morgan fingerprint density at radius 2 is 2.26 bits per heavy atom. The summed E-state index contributed by atoms with van der Waals surface area (Å²) >= 11 is 0. The Morgan fingerprint density at radius 3 is 3.11 bits per heavy atom. The summed E-state index contributed by atoms with van der Waals surface area (Å²) in [6.45, 7) is 4.19. The number of rotatable bonds is 5. The molecule has 1 aliphatic heterocycles. The fourth-order valence-corrected chi connectivity index (χ4v) is 4.15.